The Morgan fingerprint density at radius 1 is 1.09 bits per heavy atom. The van der Waals surface area contributed by atoms with Gasteiger partial charge < -0.3 is 28.8 Å². The molecule has 2 aromatic carbocycles. The van der Waals surface area contributed by atoms with Crippen molar-refractivity contribution >= 4 is 27.7 Å². The van der Waals surface area contributed by atoms with Gasteiger partial charge in [0.25, 0.3) is 21.8 Å². The van der Waals surface area contributed by atoms with Gasteiger partial charge in [-0.15, -0.1) is 0 Å². The van der Waals surface area contributed by atoms with E-state index in [1.165, 1.54) is 43.6 Å². The predicted molar refractivity (Wildman–Crippen MR) is 153 cm³/mol. The second-order valence-corrected chi connectivity index (χ2v) is 12.0. The lowest BCUT2D eigenvalue weighted by Crippen LogP contribution is -2.49. The molecule has 2 aliphatic heterocycles. The number of methoxy groups -OCH3 is 2. The zero-order valence-electron chi connectivity index (χ0n) is 23.9. The van der Waals surface area contributed by atoms with E-state index in [9.17, 15) is 22.8 Å². The van der Waals surface area contributed by atoms with E-state index in [-0.39, 0.29) is 41.8 Å². The molecule has 1 aromatic heterocycles. The van der Waals surface area contributed by atoms with Gasteiger partial charge in [0, 0.05) is 19.7 Å². The molecule has 13 heteroatoms. The molecule has 2 atom stereocenters. The van der Waals surface area contributed by atoms with Crippen LogP contribution < -0.4 is 14.8 Å². The molecule has 12 nitrogen and oxygen atoms in total. The first-order valence-corrected chi connectivity index (χ1v) is 15.3. The topological polar surface area (TPSA) is 145 Å². The number of amides is 3. The van der Waals surface area contributed by atoms with Crippen molar-refractivity contribution in [3.8, 4) is 11.5 Å². The van der Waals surface area contributed by atoms with Crippen molar-refractivity contribution in [3.63, 3.8) is 0 Å². The lowest BCUT2D eigenvalue weighted by Gasteiger charge is -2.31. The molecule has 1 fully saturated rings. The third-order valence-corrected chi connectivity index (χ3v) is 9.29. The largest absolute Gasteiger partial charge is 0.493 e. The van der Waals surface area contributed by atoms with Gasteiger partial charge in [-0.25, -0.2) is 12.7 Å². The number of carbonyl (C=O) groups excluding carboxylic acids is 3. The van der Waals surface area contributed by atoms with Gasteiger partial charge in [0.2, 0.25) is 5.91 Å². The second kappa shape index (κ2) is 12.9. The average Bonchev–Trinajstić information content (AvgIpc) is 3.78. The highest BCUT2D eigenvalue weighted by atomic mass is 32.2. The average molecular weight is 612 g/mol. The van der Waals surface area contributed by atoms with Crippen LogP contribution in [0.4, 0.5) is 0 Å². The van der Waals surface area contributed by atoms with Crippen molar-refractivity contribution in [3.05, 3.63) is 77.7 Å². The lowest BCUT2D eigenvalue weighted by molar-refractivity contribution is -0.141. The molecule has 3 heterocycles. The maximum atomic E-state index is 14.0. The fourth-order valence-corrected chi connectivity index (χ4v) is 6.79. The number of sulfonamides is 1. The summed E-state index contributed by atoms with van der Waals surface area (Å²) < 4.78 is 49.0. The van der Waals surface area contributed by atoms with E-state index in [2.05, 4.69) is 5.32 Å². The first kappa shape index (κ1) is 30.1. The van der Waals surface area contributed by atoms with Gasteiger partial charge in [0.1, 0.15) is 17.2 Å². The number of fused-ring (bicyclic) bond motifs is 1. The minimum absolute atomic E-state index is 0.0101. The molecule has 3 aromatic rings. The molecule has 43 heavy (non-hydrogen) atoms. The van der Waals surface area contributed by atoms with Crippen molar-refractivity contribution in [1.29, 1.82) is 0 Å². The smallest absolute Gasteiger partial charge is 0.269 e. The van der Waals surface area contributed by atoms with Crippen LogP contribution in [0.2, 0.25) is 0 Å². The molecule has 0 unspecified atom stereocenters. The molecule has 5 rings (SSSR count). The Morgan fingerprint density at radius 3 is 2.56 bits per heavy atom. The molecule has 2 aliphatic rings. The Morgan fingerprint density at radius 2 is 1.88 bits per heavy atom. The van der Waals surface area contributed by atoms with Crippen LogP contribution in [0.5, 0.6) is 11.5 Å². The minimum Gasteiger partial charge on any atom is -0.493 e. The molecule has 1 N–H and O–H groups in total. The van der Waals surface area contributed by atoms with Crippen LogP contribution >= 0.6 is 0 Å². The summed E-state index contributed by atoms with van der Waals surface area (Å²) in [5, 5.41) is 2.86. The number of benzene rings is 2. The van der Waals surface area contributed by atoms with Crippen LogP contribution in [-0.2, 0) is 30.8 Å². The van der Waals surface area contributed by atoms with Gasteiger partial charge >= 0.3 is 0 Å². The molecular formula is C30H33N3O9S. The summed E-state index contributed by atoms with van der Waals surface area (Å²) in [4.78, 5) is 41.9. The van der Waals surface area contributed by atoms with E-state index >= 15 is 0 Å². The molecule has 3 amide bonds. The van der Waals surface area contributed by atoms with Gasteiger partial charge in [0.05, 0.1) is 32.2 Å². The van der Waals surface area contributed by atoms with Crippen LogP contribution in [0.3, 0.4) is 0 Å². The molecule has 0 radical (unpaired) electrons. The van der Waals surface area contributed by atoms with Gasteiger partial charge in [-0.3, -0.25) is 14.4 Å². The molecule has 0 bridgehead atoms. The SMILES string of the molecule is COc1ccc(CCN(C(=O)CN2C(=O)c3ccccc3S2(=O)=O)[C@@H](C(=O)NC[C@H]2CCCO2)c2ccco2)cc1OC. The lowest BCUT2D eigenvalue weighted by atomic mass is 10.1. The number of ether oxygens (including phenoxy) is 3. The van der Waals surface area contributed by atoms with E-state index in [0.717, 1.165) is 18.4 Å². The second-order valence-electron chi connectivity index (χ2n) is 10.1. The highest BCUT2D eigenvalue weighted by Gasteiger charge is 2.44. The fourth-order valence-electron chi connectivity index (χ4n) is 5.27. The normalized spacial score (nSPS) is 17.8. The van der Waals surface area contributed by atoms with Crippen LogP contribution in [-0.4, -0.2) is 81.9 Å². The third-order valence-electron chi connectivity index (χ3n) is 7.50. The number of carbonyl (C=O) groups is 3. The van der Waals surface area contributed by atoms with Crippen molar-refractivity contribution in [2.24, 2.45) is 0 Å². The molecule has 0 saturated carbocycles. The van der Waals surface area contributed by atoms with Gasteiger partial charge in [0.15, 0.2) is 17.5 Å². The number of rotatable bonds is 12. The standard InChI is InChI=1S/C30H33N3O9S/c1-39-23-12-11-20(17-25(23)40-2)13-14-32(27(34)19-33-30(36)22-8-3-4-10-26(22)43(33,37)38)28(24-9-6-16-42-24)29(35)31-18-21-7-5-15-41-21/h3-4,6,8-12,16-17,21,28H,5,7,13-15,18-19H2,1-2H3,(H,31,35)/t21-,28-/m1/s1. The highest BCUT2D eigenvalue weighted by Crippen LogP contribution is 2.32. The zero-order valence-corrected chi connectivity index (χ0v) is 24.7. The molecule has 228 valence electrons. The summed E-state index contributed by atoms with van der Waals surface area (Å²) in [5.41, 5.74) is 0.759. The molecular weight excluding hydrogens is 578 g/mol. The Balaban J connectivity index is 1.45. The summed E-state index contributed by atoms with van der Waals surface area (Å²) in [7, 11) is -1.23. The van der Waals surface area contributed by atoms with E-state index < -0.39 is 40.3 Å². The predicted octanol–water partition coefficient (Wildman–Crippen LogP) is 2.55. The number of hydrogen-bond donors (Lipinski definition) is 1. The zero-order chi connectivity index (χ0) is 30.6. The number of nitrogens with one attached hydrogen (secondary N) is 1. The summed E-state index contributed by atoms with van der Waals surface area (Å²) in [6, 6.07) is 13.0. The van der Waals surface area contributed by atoms with E-state index in [4.69, 9.17) is 18.6 Å². The van der Waals surface area contributed by atoms with Crippen LogP contribution in [0.1, 0.15) is 40.6 Å². The Hall–Kier alpha value is -4.36. The molecule has 0 aliphatic carbocycles. The summed E-state index contributed by atoms with van der Waals surface area (Å²) in [6.07, 6.45) is 3.19. The van der Waals surface area contributed by atoms with Crippen molar-refractivity contribution in [2.75, 3.05) is 40.5 Å². The Bertz CT molecular complexity index is 1580. The Kier molecular flexibility index (Phi) is 9.02. The maximum absolute atomic E-state index is 14.0. The van der Waals surface area contributed by atoms with E-state index in [0.29, 0.717) is 22.4 Å². The van der Waals surface area contributed by atoms with Crippen molar-refractivity contribution in [2.45, 2.75) is 36.3 Å². The highest BCUT2D eigenvalue weighted by molar-refractivity contribution is 7.90. The minimum atomic E-state index is -4.26. The quantitative estimate of drug-likeness (QED) is 0.327. The third kappa shape index (κ3) is 6.22. The fraction of sp³-hybridized carbons (Fsp3) is 0.367. The monoisotopic (exact) mass is 611 g/mol. The van der Waals surface area contributed by atoms with Crippen LogP contribution in [0, 0.1) is 0 Å². The molecule has 0 spiro atoms. The summed E-state index contributed by atoms with van der Waals surface area (Å²) >= 11 is 0. The van der Waals surface area contributed by atoms with Gasteiger partial charge in [-0.05, 0) is 61.2 Å². The van der Waals surface area contributed by atoms with Crippen molar-refractivity contribution < 1.29 is 41.4 Å². The Labute approximate surface area is 249 Å². The van der Waals surface area contributed by atoms with Crippen LogP contribution in [0.25, 0.3) is 0 Å². The number of furan rings is 1. The van der Waals surface area contributed by atoms with Gasteiger partial charge in [-0.2, -0.15) is 0 Å². The maximum Gasteiger partial charge on any atom is 0.269 e. The summed E-state index contributed by atoms with van der Waals surface area (Å²) in [5.74, 6) is -0.880. The first-order chi connectivity index (χ1) is 20.7. The van der Waals surface area contributed by atoms with E-state index in [1.54, 1.807) is 36.4 Å². The van der Waals surface area contributed by atoms with Crippen molar-refractivity contribution in [1.82, 2.24) is 14.5 Å². The molecule has 1 saturated heterocycles. The number of nitrogens with zero attached hydrogens (tertiary/aromatic N) is 2. The summed E-state index contributed by atoms with van der Waals surface area (Å²) in [6.45, 7) is 0.0426. The van der Waals surface area contributed by atoms with E-state index in [1.807, 2.05) is 0 Å². The first-order valence-electron chi connectivity index (χ1n) is 13.8. The van der Waals surface area contributed by atoms with Crippen LogP contribution in [0.15, 0.2) is 70.2 Å². The van der Waals surface area contributed by atoms with Gasteiger partial charge in [-0.1, -0.05) is 18.2 Å². The number of hydrogen-bond acceptors (Lipinski definition) is 9.